The fraction of sp³-hybridized carbons (Fsp3) is 0.0952. The number of fused-ring (bicyclic) bond motifs is 1. The van der Waals surface area contributed by atoms with E-state index in [1.54, 1.807) is 24.4 Å². The third-order valence-corrected chi connectivity index (χ3v) is 6.52. The number of carbonyl (C=O) groups excluding carboxylic acids is 1. The zero-order chi connectivity index (χ0) is 22.1. The van der Waals surface area contributed by atoms with Gasteiger partial charge in [0.25, 0.3) is 5.56 Å². The predicted molar refractivity (Wildman–Crippen MR) is 121 cm³/mol. The molecule has 0 aliphatic heterocycles. The fourth-order valence-corrected chi connectivity index (χ4v) is 4.83. The van der Waals surface area contributed by atoms with E-state index in [-0.39, 0.29) is 27.2 Å². The molecule has 0 saturated carbocycles. The number of hydrogen-bond donors (Lipinski definition) is 2. The molecule has 10 heteroatoms. The van der Waals surface area contributed by atoms with E-state index in [2.05, 4.69) is 15.3 Å². The van der Waals surface area contributed by atoms with Crippen molar-refractivity contribution in [1.29, 1.82) is 0 Å². The summed E-state index contributed by atoms with van der Waals surface area (Å²) < 4.78 is 27.1. The van der Waals surface area contributed by atoms with Gasteiger partial charge in [-0.15, -0.1) is 11.3 Å². The summed E-state index contributed by atoms with van der Waals surface area (Å²) >= 11 is 8.05. The first-order valence-corrected chi connectivity index (χ1v) is 11.2. The Morgan fingerprint density at radius 3 is 2.68 bits per heavy atom. The zero-order valence-electron chi connectivity index (χ0n) is 15.9. The molecule has 5 nitrogen and oxygen atoms in total. The van der Waals surface area contributed by atoms with Crippen LogP contribution >= 0.6 is 34.7 Å². The van der Waals surface area contributed by atoms with Crippen LogP contribution < -0.4 is 10.9 Å². The van der Waals surface area contributed by atoms with Crippen LogP contribution in [0.4, 0.5) is 14.5 Å². The van der Waals surface area contributed by atoms with Crippen molar-refractivity contribution in [3.05, 3.63) is 74.9 Å². The van der Waals surface area contributed by atoms with Crippen LogP contribution in [0.25, 0.3) is 21.3 Å². The van der Waals surface area contributed by atoms with Gasteiger partial charge in [-0.05, 0) is 42.8 Å². The number of anilines is 1. The van der Waals surface area contributed by atoms with Crippen LogP contribution in [0.2, 0.25) is 5.02 Å². The normalized spacial score (nSPS) is 12.1. The van der Waals surface area contributed by atoms with Crippen molar-refractivity contribution in [1.82, 2.24) is 9.97 Å². The van der Waals surface area contributed by atoms with Crippen LogP contribution in [-0.2, 0) is 4.79 Å². The summed E-state index contributed by atoms with van der Waals surface area (Å²) in [7, 11) is 0. The predicted octanol–water partition coefficient (Wildman–Crippen LogP) is 5.70. The highest BCUT2D eigenvalue weighted by atomic mass is 35.5. The molecule has 0 aliphatic rings. The molecule has 1 amide bonds. The lowest BCUT2D eigenvalue weighted by atomic mass is 10.1. The molecule has 31 heavy (non-hydrogen) atoms. The quantitative estimate of drug-likeness (QED) is 0.285. The zero-order valence-corrected chi connectivity index (χ0v) is 18.3. The summed E-state index contributed by atoms with van der Waals surface area (Å²) in [6.07, 6.45) is 0. The van der Waals surface area contributed by atoms with E-state index in [4.69, 9.17) is 11.6 Å². The fourth-order valence-electron chi connectivity index (χ4n) is 2.87. The van der Waals surface area contributed by atoms with E-state index < -0.39 is 17.0 Å². The van der Waals surface area contributed by atoms with Crippen LogP contribution in [0.1, 0.15) is 6.92 Å². The van der Waals surface area contributed by atoms with E-state index in [1.165, 1.54) is 35.6 Å². The van der Waals surface area contributed by atoms with Crippen molar-refractivity contribution in [3.63, 3.8) is 0 Å². The highest BCUT2D eigenvalue weighted by molar-refractivity contribution is 8.00. The molecule has 0 fully saturated rings. The monoisotopic (exact) mass is 477 g/mol. The third kappa shape index (κ3) is 4.63. The maximum Gasteiger partial charge on any atom is 0.260 e. The van der Waals surface area contributed by atoms with E-state index in [0.717, 1.165) is 17.8 Å². The Bertz CT molecular complexity index is 1340. The number of amides is 1. The summed E-state index contributed by atoms with van der Waals surface area (Å²) in [4.78, 5) is 32.8. The second-order valence-corrected chi connectivity index (χ2v) is 9.21. The summed E-state index contributed by atoms with van der Waals surface area (Å²) in [5.41, 5.74) is 1.03. The molecular weight excluding hydrogens is 464 g/mol. The molecule has 4 rings (SSSR count). The summed E-state index contributed by atoms with van der Waals surface area (Å²) in [5, 5.41) is 4.52. The number of thioether (sulfide) groups is 1. The number of aromatic nitrogens is 2. The van der Waals surface area contributed by atoms with Gasteiger partial charge in [-0.1, -0.05) is 35.5 Å². The van der Waals surface area contributed by atoms with E-state index in [0.29, 0.717) is 21.3 Å². The summed E-state index contributed by atoms with van der Waals surface area (Å²) in [5.74, 6) is -1.45. The smallest absolute Gasteiger partial charge is 0.260 e. The molecule has 0 aliphatic carbocycles. The van der Waals surface area contributed by atoms with Gasteiger partial charge < -0.3 is 10.3 Å². The maximum absolute atomic E-state index is 13.9. The summed E-state index contributed by atoms with van der Waals surface area (Å²) in [6.45, 7) is 1.62. The van der Waals surface area contributed by atoms with Crippen LogP contribution in [-0.4, -0.2) is 21.1 Å². The first kappa shape index (κ1) is 21.5. The van der Waals surface area contributed by atoms with Gasteiger partial charge in [0, 0.05) is 16.0 Å². The Labute approximate surface area is 188 Å². The van der Waals surface area contributed by atoms with Crippen LogP contribution in [0.5, 0.6) is 0 Å². The molecule has 1 unspecified atom stereocenters. The highest BCUT2D eigenvalue weighted by Crippen LogP contribution is 2.32. The molecule has 0 radical (unpaired) electrons. The van der Waals surface area contributed by atoms with Crippen LogP contribution in [0.15, 0.2) is 57.8 Å². The SMILES string of the molecule is CC(Sc1nc2scc(-c3ccc(F)cc3)c2c(=O)[nH]1)C(=O)Nc1ccc(Cl)cc1F. The third-order valence-electron chi connectivity index (χ3n) is 4.42. The largest absolute Gasteiger partial charge is 0.323 e. The molecule has 2 heterocycles. The van der Waals surface area contributed by atoms with Crippen molar-refractivity contribution >= 4 is 56.5 Å². The Morgan fingerprint density at radius 1 is 1.23 bits per heavy atom. The number of halogens is 3. The van der Waals surface area contributed by atoms with Gasteiger partial charge in [0.1, 0.15) is 16.5 Å². The number of aromatic amines is 1. The lowest BCUT2D eigenvalue weighted by molar-refractivity contribution is -0.115. The standard InChI is InChI=1S/C21H14ClF2N3O2S2/c1-10(18(28)25-16-7-4-12(22)8-15(16)24)31-21-26-19(29)17-14(9-30-20(17)27-21)11-2-5-13(23)6-3-11/h2-10H,1H3,(H,25,28)(H,26,27,29). The molecule has 1 atom stereocenters. The van der Waals surface area contributed by atoms with Crippen LogP contribution in [0.3, 0.4) is 0 Å². The number of benzene rings is 2. The number of nitrogens with one attached hydrogen (secondary N) is 2. The second kappa shape index (κ2) is 8.78. The number of rotatable bonds is 5. The van der Waals surface area contributed by atoms with Crippen molar-refractivity contribution in [2.45, 2.75) is 17.3 Å². The second-order valence-electron chi connectivity index (χ2n) is 6.58. The first-order chi connectivity index (χ1) is 14.8. The van der Waals surface area contributed by atoms with E-state index in [9.17, 15) is 18.4 Å². The van der Waals surface area contributed by atoms with Gasteiger partial charge in [0.15, 0.2) is 5.16 Å². The lowest BCUT2D eigenvalue weighted by Gasteiger charge is -2.12. The van der Waals surface area contributed by atoms with Crippen molar-refractivity contribution in [2.75, 3.05) is 5.32 Å². The average molecular weight is 478 g/mol. The minimum absolute atomic E-state index is 0.0148. The molecule has 2 N–H and O–H groups in total. The molecule has 2 aromatic carbocycles. The minimum Gasteiger partial charge on any atom is -0.323 e. The molecule has 0 bridgehead atoms. The highest BCUT2D eigenvalue weighted by Gasteiger charge is 2.19. The number of nitrogens with zero attached hydrogens (tertiary/aromatic N) is 1. The number of carbonyl (C=O) groups is 1. The molecule has 0 spiro atoms. The Morgan fingerprint density at radius 2 is 1.97 bits per heavy atom. The number of hydrogen-bond acceptors (Lipinski definition) is 5. The van der Waals surface area contributed by atoms with Crippen molar-refractivity contribution in [2.24, 2.45) is 0 Å². The van der Waals surface area contributed by atoms with Gasteiger partial charge in [-0.25, -0.2) is 13.8 Å². The minimum atomic E-state index is -0.660. The Hall–Kier alpha value is -2.75. The van der Waals surface area contributed by atoms with Gasteiger partial charge >= 0.3 is 0 Å². The van der Waals surface area contributed by atoms with Crippen molar-refractivity contribution in [3.8, 4) is 11.1 Å². The van der Waals surface area contributed by atoms with Gasteiger partial charge in [-0.2, -0.15) is 0 Å². The number of thiophene rings is 1. The summed E-state index contributed by atoms with van der Waals surface area (Å²) in [6, 6.07) is 9.81. The molecular formula is C21H14ClF2N3O2S2. The lowest BCUT2D eigenvalue weighted by Crippen LogP contribution is -2.23. The van der Waals surface area contributed by atoms with Crippen LogP contribution in [0, 0.1) is 11.6 Å². The first-order valence-electron chi connectivity index (χ1n) is 9.02. The Kier molecular flexibility index (Phi) is 6.08. The average Bonchev–Trinajstić information content (AvgIpc) is 3.15. The van der Waals surface area contributed by atoms with Crippen molar-refractivity contribution < 1.29 is 13.6 Å². The number of H-pyrrole nitrogens is 1. The molecule has 0 saturated heterocycles. The molecule has 2 aromatic heterocycles. The van der Waals surface area contributed by atoms with Gasteiger partial charge in [0.05, 0.1) is 16.3 Å². The van der Waals surface area contributed by atoms with E-state index in [1.807, 2.05) is 0 Å². The molecule has 4 aromatic rings. The van der Waals surface area contributed by atoms with E-state index >= 15 is 0 Å². The molecule has 158 valence electrons. The maximum atomic E-state index is 13.9. The topological polar surface area (TPSA) is 74.8 Å². The van der Waals surface area contributed by atoms with Gasteiger partial charge in [0.2, 0.25) is 5.91 Å². The van der Waals surface area contributed by atoms with Gasteiger partial charge in [-0.3, -0.25) is 9.59 Å². The Balaban J connectivity index is 1.55.